The quantitative estimate of drug-likeness (QED) is 0.416. The summed E-state index contributed by atoms with van der Waals surface area (Å²) in [7, 11) is 0. The molecule has 27 heavy (non-hydrogen) atoms. The molecule has 0 aliphatic carbocycles. The van der Waals surface area contributed by atoms with Gasteiger partial charge in [0.1, 0.15) is 22.0 Å². The zero-order chi connectivity index (χ0) is 18.8. The van der Waals surface area contributed by atoms with Gasteiger partial charge in [0.15, 0.2) is 0 Å². The standard InChI is InChI=1S/C20H13Cl2N3O2/c1-12-17(18(25-27-12)14-5-3-2-4-6-14)20-24-23-19(26-20)16(22)11-13-7-9-15(21)10-8-13/h2-11H,1H3/b16-11-. The average Bonchev–Trinajstić information content (AvgIpc) is 3.31. The lowest BCUT2D eigenvalue weighted by atomic mass is 10.1. The van der Waals surface area contributed by atoms with Crippen molar-refractivity contribution in [3.63, 3.8) is 0 Å². The highest BCUT2D eigenvalue weighted by molar-refractivity contribution is 6.50. The Bertz CT molecular complexity index is 1100. The van der Waals surface area contributed by atoms with Crippen LogP contribution < -0.4 is 0 Å². The highest BCUT2D eigenvalue weighted by Gasteiger charge is 2.22. The SMILES string of the molecule is Cc1onc(-c2ccccc2)c1-c1nnc(/C(Cl)=C/c2ccc(Cl)cc2)o1. The van der Waals surface area contributed by atoms with E-state index in [1.54, 1.807) is 25.1 Å². The van der Waals surface area contributed by atoms with E-state index < -0.39 is 0 Å². The van der Waals surface area contributed by atoms with E-state index in [4.69, 9.17) is 32.1 Å². The van der Waals surface area contributed by atoms with Gasteiger partial charge in [-0.3, -0.25) is 0 Å². The Morgan fingerprint density at radius 2 is 1.74 bits per heavy atom. The van der Waals surface area contributed by atoms with Gasteiger partial charge in [-0.2, -0.15) is 0 Å². The molecule has 4 aromatic rings. The lowest BCUT2D eigenvalue weighted by molar-refractivity contribution is 0.399. The Morgan fingerprint density at radius 1 is 1.00 bits per heavy atom. The molecule has 5 nitrogen and oxygen atoms in total. The van der Waals surface area contributed by atoms with E-state index in [0.29, 0.717) is 33.0 Å². The molecular formula is C20H13Cl2N3O2. The molecule has 0 radical (unpaired) electrons. The van der Waals surface area contributed by atoms with Crippen LogP contribution in [-0.2, 0) is 0 Å². The average molecular weight is 398 g/mol. The molecule has 0 saturated heterocycles. The molecule has 0 fully saturated rings. The summed E-state index contributed by atoms with van der Waals surface area (Å²) in [6.45, 7) is 1.80. The van der Waals surface area contributed by atoms with Gasteiger partial charge in [0.05, 0.1) is 0 Å². The lowest BCUT2D eigenvalue weighted by Gasteiger charge is -1.98. The number of aryl methyl sites for hydroxylation is 1. The predicted octanol–water partition coefficient (Wildman–Crippen LogP) is 6.09. The Balaban J connectivity index is 1.69. The van der Waals surface area contributed by atoms with Crippen molar-refractivity contribution in [2.24, 2.45) is 0 Å². The minimum atomic E-state index is 0.209. The molecule has 0 amide bonds. The van der Waals surface area contributed by atoms with E-state index in [1.807, 2.05) is 42.5 Å². The molecule has 2 heterocycles. The third-order valence-corrected chi connectivity index (χ3v) is 4.44. The van der Waals surface area contributed by atoms with Crippen LogP contribution in [0.25, 0.3) is 33.8 Å². The first-order valence-corrected chi connectivity index (χ1v) is 8.86. The van der Waals surface area contributed by atoms with Crippen LogP contribution in [-0.4, -0.2) is 15.4 Å². The van der Waals surface area contributed by atoms with Crippen molar-refractivity contribution in [3.05, 3.63) is 76.8 Å². The smallest absolute Gasteiger partial charge is 0.259 e. The van der Waals surface area contributed by atoms with Crippen LogP contribution in [0.4, 0.5) is 0 Å². The fourth-order valence-electron chi connectivity index (χ4n) is 2.60. The third kappa shape index (κ3) is 3.65. The van der Waals surface area contributed by atoms with E-state index in [2.05, 4.69) is 15.4 Å². The van der Waals surface area contributed by atoms with Gasteiger partial charge in [0.2, 0.25) is 0 Å². The highest BCUT2D eigenvalue weighted by atomic mass is 35.5. The molecule has 0 aliphatic rings. The normalized spacial score (nSPS) is 11.7. The molecule has 4 rings (SSSR count). The first kappa shape index (κ1) is 17.5. The molecule has 2 aromatic heterocycles. The van der Waals surface area contributed by atoms with Gasteiger partial charge in [-0.05, 0) is 30.7 Å². The zero-order valence-corrected chi connectivity index (χ0v) is 15.7. The molecule has 0 aliphatic heterocycles. The summed E-state index contributed by atoms with van der Waals surface area (Å²) in [6.07, 6.45) is 1.73. The van der Waals surface area contributed by atoms with Crippen LogP contribution in [0.3, 0.4) is 0 Å². The topological polar surface area (TPSA) is 65.0 Å². The summed E-state index contributed by atoms with van der Waals surface area (Å²) in [5, 5.41) is 13.3. The van der Waals surface area contributed by atoms with Crippen LogP contribution >= 0.6 is 23.2 Å². The number of aromatic nitrogens is 3. The molecule has 0 saturated carbocycles. The zero-order valence-electron chi connectivity index (χ0n) is 14.2. The van der Waals surface area contributed by atoms with Crippen LogP contribution in [0.15, 0.2) is 63.5 Å². The minimum Gasteiger partial charge on any atom is -0.415 e. The Labute approximate surface area is 165 Å². The maximum atomic E-state index is 6.34. The number of nitrogens with zero attached hydrogens (tertiary/aromatic N) is 3. The molecule has 0 N–H and O–H groups in total. The van der Waals surface area contributed by atoms with Gasteiger partial charge in [0.25, 0.3) is 11.8 Å². The Kier molecular flexibility index (Phi) is 4.79. The summed E-state index contributed by atoms with van der Waals surface area (Å²) in [5.74, 6) is 1.09. The molecule has 0 unspecified atom stereocenters. The van der Waals surface area contributed by atoms with E-state index >= 15 is 0 Å². The van der Waals surface area contributed by atoms with Crippen LogP contribution in [0.5, 0.6) is 0 Å². The van der Waals surface area contributed by atoms with Crippen molar-refractivity contribution in [2.75, 3.05) is 0 Å². The number of benzene rings is 2. The number of rotatable bonds is 4. The summed E-state index contributed by atoms with van der Waals surface area (Å²) in [5.41, 5.74) is 3.05. The molecule has 2 aromatic carbocycles. The van der Waals surface area contributed by atoms with Gasteiger partial charge in [-0.25, -0.2) is 0 Å². The van der Waals surface area contributed by atoms with Gasteiger partial charge >= 0.3 is 0 Å². The first-order chi connectivity index (χ1) is 13.1. The minimum absolute atomic E-state index is 0.209. The second-order valence-electron chi connectivity index (χ2n) is 5.78. The molecule has 0 bridgehead atoms. The van der Waals surface area contributed by atoms with E-state index in [1.165, 1.54) is 0 Å². The first-order valence-electron chi connectivity index (χ1n) is 8.10. The van der Waals surface area contributed by atoms with Gasteiger partial charge in [-0.1, -0.05) is 70.8 Å². The van der Waals surface area contributed by atoms with Crippen LogP contribution in [0, 0.1) is 6.92 Å². The number of halogens is 2. The fraction of sp³-hybridized carbons (Fsp3) is 0.0500. The Hall–Kier alpha value is -2.89. The van der Waals surface area contributed by atoms with Gasteiger partial charge < -0.3 is 8.94 Å². The molecule has 7 heteroatoms. The van der Waals surface area contributed by atoms with Crippen molar-refractivity contribution in [1.82, 2.24) is 15.4 Å². The molecular weight excluding hydrogens is 385 g/mol. The van der Waals surface area contributed by atoms with Crippen molar-refractivity contribution in [1.29, 1.82) is 0 Å². The molecule has 0 spiro atoms. The molecule has 134 valence electrons. The second kappa shape index (κ2) is 7.39. The highest BCUT2D eigenvalue weighted by Crippen LogP contribution is 2.34. The van der Waals surface area contributed by atoms with Crippen LogP contribution in [0.1, 0.15) is 17.2 Å². The monoisotopic (exact) mass is 397 g/mol. The third-order valence-electron chi connectivity index (χ3n) is 3.92. The van der Waals surface area contributed by atoms with E-state index in [-0.39, 0.29) is 5.89 Å². The van der Waals surface area contributed by atoms with Crippen molar-refractivity contribution in [3.8, 4) is 22.7 Å². The van der Waals surface area contributed by atoms with Gasteiger partial charge in [-0.15, -0.1) is 10.2 Å². The van der Waals surface area contributed by atoms with E-state index in [0.717, 1.165) is 11.1 Å². The summed E-state index contributed by atoms with van der Waals surface area (Å²) in [6, 6.07) is 16.9. The predicted molar refractivity (Wildman–Crippen MR) is 105 cm³/mol. The fourth-order valence-corrected chi connectivity index (χ4v) is 2.93. The molecule has 0 atom stereocenters. The summed E-state index contributed by atoms with van der Waals surface area (Å²) < 4.78 is 11.1. The van der Waals surface area contributed by atoms with Crippen LogP contribution in [0.2, 0.25) is 5.02 Å². The summed E-state index contributed by atoms with van der Waals surface area (Å²) in [4.78, 5) is 0. The summed E-state index contributed by atoms with van der Waals surface area (Å²) >= 11 is 12.2. The second-order valence-corrected chi connectivity index (χ2v) is 6.63. The maximum absolute atomic E-state index is 6.34. The van der Waals surface area contributed by atoms with Crippen molar-refractivity contribution in [2.45, 2.75) is 6.92 Å². The number of hydrogen-bond acceptors (Lipinski definition) is 5. The Morgan fingerprint density at radius 3 is 2.48 bits per heavy atom. The largest absolute Gasteiger partial charge is 0.415 e. The van der Waals surface area contributed by atoms with Gasteiger partial charge in [0, 0.05) is 10.6 Å². The maximum Gasteiger partial charge on any atom is 0.259 e. The van der Waals surface area contributed by atoms with Crippen molar-refractivity contribution >= 4 is 34.3 Å². The number of hydrogen-bond donors (Lipinski definition) is 0. The lowest BCUT2D eigenvalue weighted by Crippen LogP contribution is -1.84. The van der Waals surface area contributed by atoms with Crippen molar-refractivity contribution < 1.29 is 8.94 Å². The van der Waals surface area contributed by atoms with E-state index in [9.17, 15) is 0 Å².